The zero-order chi connectivity index (χ0) is 24.4. The molecule has 5 rings (SSSR count). The van der Waals surface area contributed by atoms with E-state index >= 15 is 0 Å². The number of nitrogens with zero attached hydrogens (tertiary/aromatic N) is 2. The topological polar surface area (TPSA) is 91.7 Å². The number of hydrogen-bond donors (Lipinski definition) is 1. The summed E-state index contributed by atoms with van der Waals surface area (Å²) in [5.74, 6) is 1.18. The van der Waals surface area contributed by atoms with Gasteiger partial charge in [0.15, 0.2) is 0 Å². The zero-order valence-electron chi connectivity index (χ0n) is 19.3. The molecule has 0 radical (unpaired) electrons. The van der Waals surface area contributed by atoms with Crippen LogP contribution >= 0.6 is 0 Å². The molecule has 1 aliphatic heterocycles. The summed E-state index contributed by atoms with van der Waals surface area (Å²) in [6.07, 6.45) is 1.15. The van der Waals surface area contributed by atoms with Gasteiger partial charge in [0.1, 0.15) is 17.5 Å². The number of nitrogens with one attached hydrogen (secondary N) is 1. The van der Waals surface area contributed by atoms with Crippen LogP contribution in [0.2, 0.25) is 0 Å². The van der Waals surface area contributed by atoms with Gasteiger partial charge < -0.3 is 19.7 Å². The van der Waals surface area contributed by atoms with Gasteiger partial charge in [0.2, 0.25) is 12.0 Å². The first-order chi connectivity index (χ1) is 17.1. The smallest absolute Gasteiger partial charge is 0.267 e. The van der Waals surface area contributed by atoms with E-state index in [4.69, 9.17) is 9.47 Å². The van der Waals surface area contributed by atoms with Crippen molar-refractivity contribution < 1.29 is 19.1 Å². The highest BCUT2D eigenvalue weighted by Gasteiger charge is 2.50. The lowest BCUT2D eigenvalue weighted by atomic mass is 9.89. The molecule has 3 aromatic carbocycles. The summed E-state index contributed by atoms with van der Waals surface area (Å²) < 4.78 is 11.5. The summed E-state index contributed by atoms with van der Waals surface area (Å²) in [5.41, 5.74) is 2.99. The number of methoxy groups -OCH3 is 1. The van der Waals surface area contributed by atoms with Gasteiger partial charge in [-0.1, -0.05) is 30.3 Å². The van der Waals surface area contributed by atoms with Crippen LogP contribution in [0.25, 0.3) is 0 Å². The fourth-order valence-electron chi connectivity index (χ4n) is 4.31. The van der Waals surface area contributed by atoms with Crippen LogP contribution in [0.3, 0.4) is 0 Å². The molecule has 7 nitrogen and oxygen atoms in total. The maximum Gasteiger partial charge on any atom is 0.267 e. The molecular weight excluding hydrogens is 442 g/mol. The summed E-state index contributed by atoms with van der Waals surface area (Å²) in [7, 11) is 1.60. The van der Waals surface area contributed by atoms with Crippen molar-refractivity contribution in [2.24, 2.45) is 5.92 Å². The van der Waals surface area contributed by atoms with E-state index in [0.717, 1.165) is 29.7 Å². The minimum Gasteiger partial charge on any atom is -0.497 e. The van der Waals surface area contributed by atoms with E-state index in [-0.39, 0.29) is 23.8 Å². The summed E-state index contributed by atoms with van der Waals surface area (Å²) in [6, 6.07) is 23.7. The predicted molar refractivity (Wildman–Crippen MR) is 130 cm³/mol. The summed E-state index contributed by atoms with van der Waals surface area (Å²) in [4.78, 5) is 27.2. The van der Waals surface area contributed by atoms with Crippen molar-refractivity contribution in [3.05, 3.63) is 89.5 Å². The van der Waals surface area contributed by atoms with E-state index in [1.54, 1.807) is 36.3 Å². The van der Waals surface area contributed by atoms with Crippen LogP contribution in [-0.4, -0.2) is 29.9 Å². The maximum atomic E-state index is 13.3. The minimum absolute atomic E-state index is 0.0458. The number of nitriles is 1. The average molecular weight is 468 g/mol. The van der Waals surface area contributed by atoms with Crippen LogP contribution in [0.4, 0.5) is 5.69 Å². The largest absolute Gasteiger partial charge is 0.497 e. The van der Waals surface area contributed by atoms with E-state index in [9.17, 15) is 14.9 Å². The molecule has 176 valence electrons. The highest BCUT2D eigenvalue weighted by Crippen LogP contribution is 2.40. The molecule has 1 N–H and O–H groups in total. The quantitative estimate of drug-likeness (QED) is 0.495. The molecule has 1 aliphatic carbocycles. The van der Waals surface area contributed by atoms with Crippen LogP contribution in [0.1, 0.15) is 35.6 Å². The van der Waals surface area contributed by atoms with E-state index in [2.05, 4.69) is 11.4 Å². The summed E-state index contributed by atoms with van der Waals surface area (Å²) >= 11 is 0. The van der Waals surface area contributed by atoms with Crippen molar-refractivity contribution in [2.75, 3.05) is 12.4 Å². The van der Waals surface area contributed by atoms with Crippen molar-refractivity contribution >= 4 is 17.5 Å². The van der Waals surface area contributed by atoms with Gasteiger partial charge in [0, 0.05) is 18.2 Å². The van der Waals surface area contributed by atoms with Crippen LogP contribution in [0.15, 0.2) is 72.8 Å². The molecule has 35 heavy (non-hydrogen) atoms. The van der Waals surface area contributed by atoms with Crippen molar-refractivity contribution in [3.63, 3.8) is 0 Å². The molecule has 1 saturated heterocycles. The number of likely N-dealkylation sites (tertiary alicyclic amines) is 1. The number of carbonyl (C=O) groups excluding carboxylic acids is 2. The van der Waals surface area contributed by atoms with Crippen molar-refractivity contribution in [1.82, 2.24) is 4.90 Å². The third-order valence-electron chi connectivity index (χ3n) is 6.31. The highest BCUT2D eigenvalue weighted by atomic mass is 16.5. The number of rotatable bonds is 8. The fourth-order valence-corrected chi connectivity index (χ4v) is 4.31. The van der Waals surface area contributed by atoms with Crippen LogP contribution < -0.4 is 14.8 Å². The lowest BCUT2D eigenvalue weighted by Crippen LogP contribution is -2.60. The van der Waals surface area contributed by atoms with Crippen molar-refractivity contribution in [2.45, 2.75) is 31.5 Å². The minimum atomic E-state index is -0.728. The first kappa shape index (κ1) is 22.5. The fraction of sp³-hybridized carbons (Fsp3) is 0.250. The Morgan fingerprint density at radius 3 is 2.60 bits per heavy atom. The molecule has 0 unspecified atom stereocenters. The normalized spacial score (nSPS) is 18.9. The first-order valence-electron chi connectivity index (χ1n) is 11.6. The second-order valence-corrected chi connectivity index (χ2v) is 8.83. The van der Waals surface area contributed by atoms with Crippen LogP contribution in [0, 0.1) is 17.2 Å². The lowest BCUT2D eigenvalue weighted by molar-refractivity contribution is -0.165. The standard InChI is InChI=1S/C28H25N3O4/c1-34-23-9-4-7-21(15-23)25-26(35-24-10-3-5-18(14-24)16-29)28(33)31(25)17-19-6-2-8-22(13-19)30-27(32)20-11-12-20/h2-10,13-15,20,25-26H,11-12,17H2,1H3,(H,30,32)/t25-,26+/m0/s1. The van der Waals surface area contributed by atoms with Gasteiger partial charge in [-0.2, -0.15) is 5.26 Å². The third-order valence-corrected chi connectivity index (χ3v) is 6.31. The highest BCUT2D eigenvalue weighted by molar-refractivity contribution is 5.94. The Morgan fingerprint density at radius 2 is 1.83 bits per heavy atom. The average Bonchev–Trinajstić information content (AvgIpc) is 3.74. The number of carbonyl (C=O) groups is 2. The van der Waals surface area contributed by atoms with Gasteiger partial charge in [0.05, 0.1) is 18.7 Å². The van der Waals surface area contributed by atoms with Gasteiger partial charge >= 0.3 is 0 Å². The van der Waals surface area contributed by atoms with E-state index in [0.29, 0.717) is 23.6 Å². The molecule has 0 aromatic heterocycles. The number of hydrogen-bond acceptors (Lipinski definition) is 5. The molecule has 2 aliphatic rings. The van der Waals surface area contributed by atoms with Gasteiger partial charge in [0.25, 0.3) is 5.91 Å². The Kier molecular flexibility index (Phi) is 6.11. The van der Waals surface area contributed by atoms with Gasteiger partial charge in [-0.15, -0.1) is 0 Å². The lowest BCUT2D eigenvalue weighted by Gasteiger charge is -2.47. The van der Waals surface area contributed by atoms with E-state index in [1.165, 1.54) is 0 Å². The van der Waals surface area contributed by atoms with E-state index < -0.39 is 6.10 Å². The molecule has 0 spiro atoms. The SMILES string of the molecule is COc1cccc([C@H]2[C@@H](Oc3cccc(C#N)c3)C(=O)N2Cc2cccc(NC(=O)C3CC3)c2)c1. The number of β-lactam (4-membered cyclic amide) rings is 1. The molecule has 2 amide bonds. The molecule has 1 heterocycles. The summed E-state index contributed by atoms with van der Waals surface area (Å²) in [5, 5.41) is 12.2. The molecule has 0 bridgehead atoms. The Hall–Kier alpha value is -4.31. The van der Waals surface area contributed by atoms with Crippen molar-refractivity contribution in [3.8, 4) is 17.6 Å². The molecule has 1 saturated carbocycles. The van der Waals surface area contributed by atoms with Gasteiger partial charge in [-0.05, 0) is 66.4 Å². The Morgan fingerprint density at radius 1 is 1.06 bits per heavy atom. The molecule has 2 fully saturated rings. The van der Waals surface area contributed by atoms with Gasteiger partial charge in [-0.25, -0.2) is 0 Å². The number of amides is 2. The Labute approximate surface area is 203 Å². The Balaban J connectivity index is 1.39. The van der Waals surface area contributed by atoms with Crippen molar-refractivity contribution in [1.29, 1.82) is 5.26 Å². The van der Waals surface area contributed by atoms with Crippen LogP contribution in [-0.2, 0) is 16.1 Å². The molecular formula is C28H25N3O4. The van der Waals surface area contributed by atoms with Crippen LogP contribution in [0.5, 0.6) is 11.5 Å². The molecule has 7 heteroatoms. The molecule has 2 atom stereocenters. The number of benzene rings is 3. The zero-order valence-corrected chi connectivity index (χ0v) is 19.3. The predicted octanol–water partition coefficient (Wildman–Crippen LogP) is 4.45. The Bertz CT molecular complexity index is 1310. The summed E-state index contributed by atoms with van der Waals surface area (Å²) in [6.45, 7) is 0.367. The maximum absolute atomic E-state index is 13.3. The number of ether oxygens (including phenoxy) is 2. The number of anilines is 1. The second kappa shape index (κ2) is 9.51. The third kappa shape index (κ3) is 4.82. The second-order valence-electron chi connectivity index (χ2n) is 8.83. The first-order valence-corrected chi connectivity index (χ1v) is 11.6. The monoisotopic (exact) mass is 467 g/mol. The van der Waals surface area contributed by atoms with E-state index in [1.807, 2.05) is 48.5 Å². The van der Waals surface area contributed by atoms with Gasteiger partial charge in [-0.3, -0.25) is 9.59 Å². The molecule has 3 aromatic rings.